The van der Waals surface area contributed by atoms with E-state index in [9.17, 15) is 0 Å². The number of aromatic nitrogens is 3. The lowest BCUT2D eigenvalue weighted by atomic mass is 10.1. The molecule has 0 amide bonds. The summed E-state index contributed by atoms with van der Waals surface area (Å²) in [4.78, 5) is 18.4. The highest BCUT2D eigenvalue weighted by molar-refractivity contribution is 5.60. The monoisotopic (exact) mass is 345 g/mol. The van der Waals surface area contributed by atoms with Gasteiger partial charge in [-0.1, -0.05) is 18.2 Å². The van der Waals surface area contributed by atoms with Crippen molar-refractivity contribution in [3.8, 4) is 11.4 Å². The fraction of sp³-hybridized carbons (Fsp3) is 0.286. The SMILES string of the molecule is Cc1cc(N2Cc3ccccc3N(C)CC2C)nc(-c2cccnc2)n1. The number of rotatable bonds is 2. The lowest BCUT2D eigenvalue weighted by Crippen LogP contribution is -2.38. The minimum absolute atomic E-state index is 0.337. The van der Waals surface area contributed by atoms with Crippen LogP contribution in [0.25, 0.3) is 11.4 Å². The molecule has 0 N–H and O–H groups in total. The first-order valence-corrected chi connectivity index (χ1v) is 8.93. The summed E-state index contributed by atoms with van der Waals surface area (Å²) in [7, 11) is 2.16. The van der Waals surface area contributed by atoms with E-state index >= 15 is 0 Å². The molecule has 1 aliphatic rings. The summed E-state index contributed by atoms with van der Waals surface area (Å²) in [5.74, 6) is 1.69. The van der Waals surface area contributed by atoms with E-state index in [0.29, 0.717) is 6.04 Å². The minimum atomic E-state index is 0.337. The van der Waals surface area contributed by atoms with Crippen LogP contribution < -0.4 is 9.80 Å². The molecule has 3 heterocycles. The molecule has 0 saturated carbocycles. The van der Waals surface area contributed by atoms with Crippen LogP contribution in [-0.4, -0.2) is 34.6 Å². The minimum Gasteiger partial charge on any atom is -0.372 e. The summed E-state index contributed by atoms with van der Waals surface area (Å²) >= 11 is 0. The number of hydrogen-bond donors (Lipinski definition) is 0. The first kappa shape index (κ1) is 16.5. The maximum Gasteiger partial charge on any atom is 0.163 e. The summed E-state index contributed by atoms with van der Waals surface area (Å²) < 4.78 is 0. The van der Waals surface area contributed by atoms with Gasteiger partial charge in [-0.25, -0.2) is 9.97 Å². The van der Waals surface area contributed by atoms with Crippen molar-refractivity contribution in [2.45, 2.75) is 26.4 Å². The average Bonchev–Trinajstić information content (AvgIpc) is 2.78. The zero-order chi connectivity index (χ0) is 18.1. The number of benzene rings is 1. The Morgan fingerprint density at radius 1 is 1.08 bits per heavy atom. The lowest BCUT2D eigenvalue weighted by molar-refractivity contribution is 0.635. The van der Waals surface area contributed by atoms with Crippen LogP contribution in [0, 0.1) is 6.92 Å². The third-order valence-corrected chi connectivity index (χ3v) is 4.87. The van der Waals surface area contributed by atoms with Gasteiger partial charge in [0.25, 0.3) is 0 Å². The van der Waals surface area contributed by atoms with E-state index in [-0.39, 0.29) is 0 Å². The van der Waals surface area contributed by atoms with Gasteiger partial charge in [0.2, 0.25) is 0 Å². The molecule has 2 aromatic heterocycles. The molecule has 4 rings (SSSR count). The topological polar surface area (TPSA) is 45.2 Å². The maximum atomic E-state index is 4.87. The summed E-state index contributed by atoms with van der Waals surface area (Å²) in [5.41, 5.74) is 4.52. The highest BCUT2D eigenvalue weighted by atomic mass is 15.3. The molecule has 0 fully saturated rings. The molecule has 0 bridgehead atoms. The Labute approximate surface area is 154 Å². The fourth-order valence-corrected chi connectivity index (χ4v) is 3.58. The molecule has 5 nitrogen and oxygen atoms in total. The van der Waals surface area contributed by atoms with Crippen molar-refractivity contribution in [2.75, 3.05) is 23.4 Å². The quantitative estimate of drug-likeness (QED) is 0.709. The number of likely N-dealkylation sites (N-methyl/N-ethyl adjacent to an activating group) is 1. The molecule has 1 aliphatic heterocycles. The molecule has 5 heteroatoms. The van der Waals surface area contributed by atoms with Crippen molar-refractivity contribution < 1.29 is 0 Å². The van der Waals surface area contributed by atoms with E-state index in [4.69, 9.17) is 4.98 Å². The van der Waals surface area contributed by atoms with E-state index in [1.807, 2.05) is 25.3 Å². The highest BCUT2D eigenvalue weighted by Gasteiger charge is 2.24. The van der Waals surface area contributed by atoms with Gasteiger partial charge in [0.15, 0.2) is 5.82 Å². The number of nitrogens with zero attached hydrogens (tertiary/aromatic N) is 5. The molecular formula is C21H23N5. The Balaban J connectivity index is 1.76. The Morgan fingerprint density at radius 2 is 1.92 bits per heavy atom. The molecule has 0 spiro atoms. The van der Waals surface area contributed by atoms with Gasteiger partial charge in [-0.3, -0.25) is 4.98 Å². The van der Waals surface area contributed by atoms with Crippen LogP contribution >= 0.6 is 0 Å². The van der Waals surface area contributed by atoms with E-state index in [0.717, 1.165) is 36.0 Å². The van der Waals surface area contributed by atoms with Crippen molar-refractivity contribution in [2.24, 2.45) is 0 Å². The van der Waals surface area contributed by atoms with Gasteiger partial charge in [-0.2, -0.15) is 0 Å². The van der Waals surface area contributed by atoms with Crippen molar-refractivity contribution in [1.82, 2.24) is 15.0 Å². The molecule has 1 unspecified atom stereocenters. The second-order valence-corrected chi connectivity index (χ2v) is 6.92. The van der Waals surface area contributed by atoms with Crippen LogP contribution in [0.1, 0.15) is 18.2 Å². The van der Waals surface area contributed by atoms with Gasteiger partial charge >= 0.3 is 0 Å². The average molecular weight is 345 g/mol. The summed E-state index contributed by atoms with van der Waals surface area (Å²) in [5, 5.41) is 0. The third-order valence-electron chi connectivity index (χ3n) is 4.87. The Kier molecular flexibility index (Phi) is 4.29. The summed E-state index contributed by atoms with van der Waals surface area (Å²) in [6.07, 6.45) is 3.58. The molecule has 0 aliphatic carbocycles. The summed E-state index contributed by atoms with van der Waals surface area (Å²) in [6, 6.07) is 14.9. The third kappa shape index (κ3) is 3.12. The Hall–Kier alpha value is -2.95. The molecule has 1 aromatic carbocycles. The van der Waals surface area contributed by atoms with Gasteiger partial charge < -0.3 is 9.80 Å². The smallest absolute Gasteiger partial charge is 0.163 e. The second kappa shape index (κ2) is 6.75. The molecule has 0 saturated heterocycles. The van der Waals surface area contributed by atoms with Crippen LogP contribution in [0.4, 0.5) is 11.5 Å². The molecule has 1 atom stereocenters. The first-order valence-electron chi connectivity index (χ1n) is 8.93. The van der Waals surface area contributed by atoms with Crippen LogP contribution in [0.3, 0.4) is 0 Å². The van der Waals surface area contributed by atoms with Gasteiger partial charge in [-0.15, -0.1) is 0 Å². The molecule has 26 heavy (non-hydrogen) atoms. The molecule has 3 aromatic rings. The maximum absolute atomic E-state index is 4.87. The van der Waals surface area contributed by atoms with Gasteiger partial charge in [0.05, 0.1) is 0 Å². The van der Waals surface area contributed by atoms with E-state index in [1.165, 1.54) is 11.3 Å². The second-order valence-electron chi connectivity index (χ2n) is 6.92. The Bertz CT molecular complexity index is 909. The van der Waals surface area contributed by atoms with Crippen LogP contribution in [-0.2, 0) is 6.54 Å². The largest absolute Gasteiger partial charge is 0.372 e. The fourth-order valence-electron chi connectivity index (χ4n) is 3.58. The van der Waals surface area contributed by atoms with E-state index in [1.54, 1.807) is 6.20 Å². The molecule has 0 radical (unpaired) electrons. The molecular weight excluding hydrogens is 322 g/mol. The van der Waals surface area contributed by atoms with E-state index in [2.05, 4.69) is 64.1 Å². The zero-order valence-corrected chi connectivity index (χ0v) is 15.4. The predicted octanol–water partition coefficient (Wildman–Crippen LogP) is 3.69. The zero-order valence-electron chi connectivity index (χ0n) is 15.4. The number of aryl methyl sites for hydroxylation is 1. The van der Waals surface area contributed by atoms with Crippen molar-refractivity contribution in [1.29, 1.82) is 0 Å². The number of fused-ring (bicyclic) bond motifs is 1. The van der Waals surface area contributed by atoms with Crippen LogP contribution in [0.5, 0.6) is 0 Å². The summed E-state index contributed by atoms with van der Waals surface area (Å²) in [6.45, 7) is 6.06. The van der Waals surface area contributed by atoms with Crippen LogP contribution in [0.15, 0.2) is 54.9 Å². The van der Waals surface area contributed by atoms with Crippen LogP contribution in [0.2, 0.25) is 0 Å². The lowest BCUT2D eigenvalue weighted by Gasteiger charge is -2.30. The number of pyridine rings is 1. The predicted molar refractivity (Wildman–Crippen MR) is 105 cm³/mol. The normalized spacial score (nSPS) is 17.0. The van der Waals surface area contributed by atoms with Gasteiger partial charge in [0, 0.05) is 61.6 Å². The standard InChI is InChI=1S/C21H23N5/c1-15-11-20(24-21(23-15)17-8-6-10-22-12-17)26-14-18-7-4-5-9-19(18)25(3)13-16(26)2/h4-12,16H,13-14H2,1-3H3. The number of para-hydroxylation sites is 1. The Morgan fingerprint density at radius 3 is 2.73 bits per heavy atom. The molecule has 132 valence electrons. The number of hydrogen-bond acceptors (Lipinski definition) is 5. The van der Waals surface area contributed by atoms with E-state index < -0.39 is 0 Å². The number of anilines is 2. The van der Waals surface area contributed by atoms with Gasteiger partial charge in [0.1, 0.15) is 5.82 Å². The first-order chi connectivity index (χ1) is 12.6. The van der Waals surface area contributed by atoms with Gasteiger partial charge in [-0.05, 0) is 37.6 Å². The van der Waals surface area contributed by atoms with Crippen molar-refractivity contribution >= 4 is 11.5 Å². The van der Waals surface area contributed by atoms with Crippen molar-refractivity contribution in [3.63, 3.8) is 0 Å². The van der Waals surface area contributed by atoms with Crippen molar-refractivity contribution in [3.05, 3.63) is 66.1 Å². The highest BCUT2D eigenvalue weighted by Crippen LogP contribution is 2.29.